The summed E-state index contributed by atoms with van der Waals surface area (Å²) in [4.78, 5) is 18.3. The molecule has 0 aliphatic heterocycles. The zero-order valence-corrected chi connectivity index (χ0v) is 18.8. The molecular formula is C26H25ClN4O. The molecule has 162 valence electrons. The van der Waals surface area contributed by atoms with Crippen LogP contribution in [-0.4, -0.2) is 20.4 Å². The summed E-state index contributed by atoms with van der Waals surface area (Å²) in [7, 11) is 0. The summed E-state index contributed by atoms with van der Waals surface area (Å²) in [6, 6.07) is 17.4. The lowest BCUT2D eigenvalue weighted by Gasteiger charge is -2.22. The molecule has 0 radical (unpaired) electrons. The molecule has 2 heterocycles. The Morgan fingerprint density at radius 1 is 1.06 bits per heavy atom. The highest BCUT2D eigenvalue weighted by molar-refractivity contribution is 6.31. The van der Waals surface area contributed by atoms with Crippen LogP contribution in [0.5, 0.6) is 0 Å². The van der Waals surface area contributed by atoms with Crippen molar-refractivity contribution < 1.29 is 0 Å². The lowest BCUT2D eigenvalue weighted by molar-refractivity contribution is 0.416. The second-order valence-electron chi connectivity index (χ2n) is 8.42. The second kappa shape index (κ2) is 8.75. The van der Waals surface area contributed by atoms with Gasteiger partial charge in [0.05, 0.1) is 22.8 Å². The smallest absolute Gasteiger partial charge is 0.282 e. The molecule has 4 aromatic rings. The Hall–Kier alpha value is -3.18. The lowest BCUT2D eigenvalue weighted by atomic mass is 9.88. The number of nitrogens with zero attached hydrogens (tertiary/aromatic N) is 4. The van der Waals surface area contributed by atoms with Crippen molar-refractivity contribution in [2.75, 3.05) is 0 Å². The predicted molar refractivity (Wildman–Crippen MR) is 130 cm³/mol. The van der Waals surface area contributed by atoms with Crippen LogP contribution in [0.2, 0.25) is 5.02 Å². The molecule has 1 aliphatic rings. The van der Waals surface area contributed by atoms with Crippen LogP contribution >= 0.6 is 11.6 Å². The molecule has 0 spiro atoms. The number of hydrogen-bond acceptors (Lipinski definition) is 3. The van der Waals surface area contributed by atoms with Crippen LogP contribution in [0.4, 0.5) is 0 Å². The Morgan fingerprint density at radius 2 is 1.88 bits per heavy atom. The molecule has 2 aromatic carbocycles. The van der Waals surface area contributed by atoms with Crippen molar-refractivity contribution in [1.82, 2.24) is 14.2 Å². The zero-order valence-electron chi connectivity index (χ0n) is 18.0. The summed E-state index contributed by atoms with van der Waals surface area (Å²) in [5, 5.41) is 6.00. The van der Waals surface area contributed by atoms with Gasteiger partial charge in [0, 0.05) is 22.8 Å². The molecule has 1 saturated carbocycles. The van der Waals surface area contributed by atoms with Crippen LogP contribution in [0.15, 0.2) is 70.7 Å². The summed E-state index contributed by atoms with van der Waals surface area (Å²) in [5.74, 6) is 1.02. The molecule has 5 rings (SSSR count). The molecule has 0 N–H and O–H groups in total. The highest BCUT2D eigenvalue weighted by atomic mass is 35.5. The van der Waals surface area contributed by atoms with E-state index in [1.165, 1.54) is 11.1 Å². The number of hydrogen-bond donors (Lipinski definition) is 0. The van der Waals surface area contributed by atoms with E-state index in [1.54, 1.807) is 6.21 Å². The van der Waals surface area contributed by atoms with Crippen molar-refractivity contribution in [3.8, 4) is 5.69 Å². The first-order valence-electron chi connectivity index (χ1n) is 11.1. The highest BCUT2D eigenvalue weighted by Gasteiger charge is 2.22. The van der Waals surface area contributed by atoms with Crippen molar-refractivity contribution in [3.05, 3.63) is 93.3 Å². The lowest BCUT2D eigenvalue weighted by Crippen LogP contribution is -2.25. The van der Waals surface area contributed by atoms with Gasteiger partial charge in [-0.25, -0.2) is 4.98 Å². The molecule has 32 heavy (non-hydrogen) atoms. The van der Waals surface area contributed by atoms with Gasteiger partial charge in [-0.2, -0.15) is 9.78 Å². The van der Waals surface area contributed by atoms with E-state index >= 15 is 0 Å². The molecule has 6 heteroatoms. The molecule has 0 saturated heterocycles. The molecule has 1 fully saturated rings. The maximum absolute atomic E-state index is 13.4. The fraction of sp³-hybridized carbons (Fsp3) is 0.269. The van der Waals surface area contributed by atoms with E-state index in [9.17, 15) is 4.79 Å². The first-order valence-corrected chi connectivity index (χ1v) is 11.5. The highest BCUT2D eigenvalue weighted by Crippen LogP contribution is 2.31. The van der Waals surface area contributed by atoms with Gasteiger partial charge in [-0.05, 0) is 67.8 Å². The van der Waals surface area contributed by atoms with Gasteiger partial charge < -0.3 is 4.57 Å². The van der Waals surface area contributed by atoms with Gasteiger partial charge in [0.1, 0.15) is 5.82 Å². The zero-order chi connectivity index (χ0) is 22.1. The van der Waals surface area contributed by atoms with Gasteiger partial charge >= 0.3 is 0 Å². The third-order valence-electron chi connectivity index (χ3n) is 6.25. The topological polar surface area (TPSA) is 52.2 Å². The molecule has 2 aromatic heterocycles. The Labute approximate surface area is 192 Å². The van der Waals surface area contributed by atoms with Gasteiger partial charge in [-0.1, -0.05) is 43.0 Å². The third-order valence-corrected chi connectivity index (χ3v) is 6.68. The number of aromatic nitrogens is 3. The number of para-hydroxylation sites is 1. The van der Waals surface area contributed by atoms with Crippen LogP contribution in [0.25, 0.3) is 16.6 Å². The van der Waals surface area contributed by atoms with Gasteiger partial charge in [0.2, 0.25) is 0 Å². The van der Waals surface area contributed by atoms with Crippen molar-refractivity contribution in [1.29, 1.82) is 0 Å². The third kappa shape index (κ3) is 3.89. The molecule has 0 unspecified atom stereocenters. The Kier molecular flexibility index (Phi) is 5.66. The van der Waals surface area contributed by atoms with Crippen molar-refractivity contribution in [2.45, 2.75) is 44.9 Å². The maximum Gasteiger partial charge on any atom is 0.282 e. The first-order chi connectivity index (χ1) is 15.6. The monoisotopic (exact) mass is 444 g/mol. The maximum atomic E-state index is 13.4. The number of benzene rings is 2. The van der Waals surface area contributed by atoms with E-state index in [1.807, 2.05) is 72.3 Å². The molecular weight excluding hydrogens is 420 g/mol. The van der Waals surface area contributed by atoms with Crippen molar-refractivity contribution >= 4 is 28.7 Å². The Morgan fingerprint density at radius 3 is 2.69 bits per heavy atom. The normalized spacial score (nSPS) is 15.1. The minimum absolute atomic E-state index is 0.118. The van der Waals surface area contributed by atoms with Gasteiger partial charge in [0.25, 0.3) is 5.56 Å². The largest absolute Gasteiger partial charge is 0.316 e. The minimum atomic E-state index is -0.118. The number of fused-ring (bicyclic) bond motifs is 1. The summed E-state index contributed by atoms with van der Waals surface area (Å²) in [6.07, 6.45) is 9.38. The fourth-order valence-corrected chi connectivity index (χ4v) is 4.63. The first kappa shape index (κ1) is 20.7. The summed E-state index contributed by atoms with van der Waals surface area (Å²) in [6.45, 7) is 1.99. The minimum Gasteiger partial charge on any atom is -0.316 e. The molecule has 0 amide bonds. The standard InChI is InChI=1S/C26H25ClN4O/c1-18-16-20(13-14-23(18)27)30-15-7-10-21(30)17-28-31-25(19-8-3-2-4-9-19)29-24-12-6-5-11-22(24)26(31)32/h5-7,10-17,19H,2-4,8-9H2,1H3. The van der Waals surface area contributed by atoms with Crippen LogP contribution in [-0.2, 0) is 0 Å². The van der Waals surface area contributed by atoms with E-state index in [4.69, 9.17) is 16.6 Å². The summed E-state index contributed by atoms with van der Waals surface area (Å²) in [5.41, 5.74) is 3.50. The number of rotatable bonds is 4. The van der Waals surface area contributed by atoms with Gasteiger partial charge in [-0.15, -0.1) is 0 Å². The van der Waals surface area contributed by atoms with Crippen LogP contribution in [0.3, 0.4) is 0 Å². The van der Waals surface area contributed by atoms with E-state index in [0.717, 1.165) is 59.0 Å². The van der Waals surface area contributed by atoms with Crippen molar-refractivity contribution in [2.24, 2.45) is 5.10 Å². The van der Waals surface area contributed by atoms with E-state index < -0.39 is 0 Å². The number of halogens is 1. The molecule has 1 aliphatic carbocycles. The van der Waals surface area contributed by atoms with Crippen LogP contribution < -0.4 is 5.56 Å². The van der Waals surface area contributed by atoms with E-state index in [0.29, 0.717) is 5.39 Å². The average Bonchev–Trinajstić information content (AvgIpc) is 3.29. The van der Waals surface area contributed by atoms with Gasteiger partial charge in [0.15, 0.2) is 0 Å². The van der Waals surface area contributed by atoms with Crippen LogP contribution in [0.1, 0.15) is 55.1 Å². The second-order valence-corrected chi connectivity index (χ2v) is 8.83. The summed E-state index contributed by atoms with van der Waals surface area (Å²) >= 11 is 6.20. The Balaban J connectivity index is 1.60. The molecule has 0 atom stereocenters. The SMILES string of the molecule is Cc1cc(-n2cccc2C=Nn2c(C3CCCCC3)nc3ccccc3c2=O)ccc1Cl. The average molecular weight is 445 g/mol. The van der Waals surface area contributed by atoms with Gasteiger partial charge in [-0.3, -0.25) is 4.79 Å². The predicted octanol–water partition coefficient (Wildman–Crippen LogP) is 6.08. The fourth-order valence-electron chi connectivity index (χ4n) is 4.51. The molecule has 0 bridgehead atoms. The summed E-state index contributed by atoms with van der Waals surface area (Å²) < 4.78 is 3.55. The van der Waals surface area contributed by atoms with E-state index in [2.05, 4.69) is 5.10 Å². The van der Waals surface area contributed by atoms with Crippen molar-refractivity contribution in [3.63, 3.8) is 0 Å². The van der Waals surface area contributed by atoms with E-state index in [-0.39, 0.29) is 11.5 Å². The van der Waals surface area contributed by atoms with Crippen LogP contribution in [0, 0.1) is 6.92 Å². The Bertz CT molecular complexity index is 1360. The quantitative estimate of drug-likeness (QED) is 0.358. The number of aryl methyl sites for hydroxylation is 1. The molecule has 5 nitrogen and oxygen atoms in total.